The summed E-state index contributed by atoms with van der Waals surface area (Å²) in [6, 6.07) is 12.0. The lowest BCUT2D eigenvalue weighted by Gasteiger charge is -2.27. The number of benzene rings is 1. The van der Waals surface area contributed by atoms with Crippen molar-refractivity contribution >= 4 is 0 Å². The van der Waals surface area contributed by atoms with E-state index in [0.29, 0.717) is 11.8 Å². The van der Waals surface area contributed by atoms with Crippen molar-refractivity contribution in [3.05, 3.63) is 58.0 Å². The Kier molecular flexibility index (Phi) is 3.02. The molecule has 1 N–H and O–H groups in total. The van der Waals surface area contributed by atoms with Crippen molar-refractivity contribution in [2.75, 3.05) is 0 Å². The average Bonchev–Trinajstić information content (AvgIpc) is 2.38. The summed E-state index contributed by atoms with van der Waals surface area (Å²) in [5.74, 6) is 1.18. The van der Waals surface area contributed by atoms with E-state index in [1.807, 2.05) is 30.3 Å². The van der Waals surface area contributed by atoms with Gasteiger partial charge in [-0.2, -0.15) is 0 Å². The third-order valence-electron chi connectivity index (χ3n) is 4.08. The molecule has 1 aromatic carbocycles. The maximum Gasteiger partial charge on any atom is 0.256 e. The number of H-pyrrole nitrogens is 1. The van der Waals surface area contributed by atoms with E-state index < -0.39 is 0 Å². The van der Waals surface area contributed by atoms with Crippen LogP contribution >= 0.6 is 0 Å². The van der Waals surface area contributed by atoms with Crippen LogP contribution in [0.4, 0.5) is 0 Å². The molecule has 0 fully saturated rings. The summed E-state index contributed by atoms with van der Waals surface area (Å²) in [5, 5.41) is 0. The maximum absolute atomic E-state index is 12.2. The summed E-state index contributed by atoms with van der Waals surface area (Å²) in [6.45, 7) is 4.50. The second kappa shape index (κ2) is 4.69. The van der Waals surface area contributed by atoms with Crippen LogP contribution in [0.25, 0.3) is 11.1 Å². The van der Waals surface area contributed by atoms with Gasteiger partial charge in [0.2, 0.25) is 0 Å². The third-order valence-corrected chi connectivity index (χ3v) is 4.08. The standard InChI is InChI=1S/C17H19NO/c1-11-8-12(2)14-10-15(13-6-4-3-5-7-13)17(19)18-16(14)9-11/h3-7,10-12H,8-9H2,1-2H3,(H,18,19). The molecular weight excluding hydrogens is 234 g/mol. The van der Waals surface area contributed by atoms with Crippen molar-refractivity contribution < 1.29 is 0 Å². The van der Waals surface area contributed by atoms with Crippen LogP contribution < -0.4 is 5.56 Å². The van der Waals surface area contributed by atoms with Crippen molar-refractivity contribution in [2.24, 2.45) is 5.92 Å². The molecule has 2 atom stereocenters. The summed E-state index contributed by atoms with van der Waals surface area (Å²) >= 11 is 0. The molecule has 0 bridgehead atoms. The fraction of sp³-hybridized carbons (Fsp3) is 0.353. The minimum absolute atomic E-state index is 0.0336. The van der Waals surface area contributed by atoms with Gasteiger partial charge < -0.3 is 4.98 Å². The minimum atomic E-state index is 0.0336. The number of aromatic amines is 1. The van der Waals surface area contributed by atoms with Crippen LogP contribution in [0, 0.1) is 5.92 Å². The van der Waals surface area contributed by atoms with Gasteiger partial charge in [0.15, 0.2) is 0 Å². The first-order chi connectivity index (χ1) is 9.15. The molecular formula is C17H19NO. The molecule has 1 aliphatic rings. The maximum atomic E-state index is 12.2. The Morgan fingerprint density at radius 3 is 2.63 bits per heavy atom. The van der Waals surface area contributed by atoms with Gasteiger partial charge in [0, 0.05) is 11.3 Å². The molecule has 19 heavy (non-hydrogen) atoms. The Morgan fingerprint density at radius 2 is 1.89 bits per heavy atom. The van der Waals surface area contributed by atoms with Gasteiger partial charge in [-0.05, 0) is 41.9 Å². The Labute approximate surface area is 113 Å². The van der Waals surface area contributed by atoms with Crippen molar-refractivity contribution in [1.29, 1.82) is 0 Å². The van der Waals surface area contributed by atoms with Crippen molar-refractivity contribution in [3.8, 4) is 11.1 Å². The van der Waals surface area contributed by atoms with Crippen molar-refractivity contribution in [1.82, 2.24) is 4.98 Å². The van der Waals surface area contributed by atoms with E-state index in [2.05, 4.69) is 24.9 Å². The number of aromatic nitrogens is 1. The monoisotopic (exact) mass is 253 g/mol. The van der Waals surface area contributed by atoms with E-state index in [-0.39, 0.29) is 5.56 Å². The van der Waals surface area contributed by atoms with Crippen LogP contribution in [-0.2, 0) is 6.42 Å². The van der Waals surface area contributed by atoms with Gasteiger partial charge in [-0.15, -0.1) is 0 Å². The molecule has 0 saturated heterocycles. The minimum Gasteiger partial charge on any atom is -0.325 e. The number of fused-ring (bicyclic) bond motifs is 1. The summed E-state index contributed by atoms with van der Waals surface area (Å²) in [7, 11) is 0. The lowest BCUT2D eigenvalue weighted by molar-refractivity contribution is 0.442. The third kappa shape index (κ3) is 2.23. The summed E-state index contributed by atoms with van der Waals surface area (Å²) < 4.78 is 0. The van der Waals surface area contributed by atoms with E-state index in [0.717, 1.165) is 23.2 Å². The summed E-state index contributed by atoms with van der Waals surface area (Å²) in [6.07, 6.45) is 2.19. The van der Waals surface area contributed by atoms with Crippen LogP contribution in [0.5, 0.6) is 0 Å². The smallest absolute Gasteiger partial charge is 0.256 e. The zero-order valence-electron chi connectivity index (χ0n) is 11.4. The van der Waals surface area contributed by atoms with Gasteiger partial charge in [-0.3, -0.25) is 4.79 Å². The van der Waals surface area contributed by atoms with Gasteiger partial charge in [0.05, 0.1) is 0 Å². The quantitative estimate of drug-likeness (QED) is 0.825. The van der Waals surface area contributed by atoms with Gasteiger partial charge in [0.25, 0.3) is 5.56 Å². The Hall–Kier alpha value is -1.83. The van der Waals surface area contributed by atoms with Crippen LogP contribution in [0.1, 0.15) is 37.4 Å². The number of hydrogen-bond acceptors (Lipinski definition) is 1. The second-order valence-electron chi connectivity index (χ2n) is 5.76. The fourth-order valence-electron chi connectivity index (χ4n) is 3.19. The zero-order valence-corrected chi connectivity index (χ0v) is 11.4. The van der Waals surface area contributed by atoms with Gasteiger partial charge in [0.1, 0.15) is 0 Å². The number of nitrogens with one attached hydrogen (secondary N) is 1. The van der Waals surface area contributed by atoms with E-state index >= 15 is 0 Å². The first-order valence-electron chi connectivity index (χ1n) is 6.96. The molecule has 0 saturated carbocycles. The molecule has 0 radical (unpaired) electrons. The zero-order chi connectivity index (χ0) is 13.4. The summed E-state index contributed by atoms with van der Waals surface area (Å²) in [5.41, 5.74) is 4.27. The molecule has 1 heterocycles. The van der Waals surface area contributed by atoms with Crippen LogP contribution in [-0.4, -0.2) is 4.98 Å². The molecule has 98 valence electrons. The molecule has 0 amide bonds. The van der Waals surface area contributed by atoms with Gasteiger partial charge in [-0.1, -0.05) is 44.2 Å². The van der Waals surface area contributed by atoms with Crippen LogP contribution in [0.3, 0.4) is 0 Å². The Morgan fingerprint density at radius 1 is 1.16 bits per heavy atom. The SMILES string of the molecule is CC1Cc2[nH]c(=O)c(-c3ccccc3)cc2C(C)C1. The molecule has 1 aromatic heterocycles. The highest BCUT2D eigenvalue weighted by Gasteiger charge is 2.23. The normalized spacial score (nSPS) is 22.0. The highest BCUT2D eigenvalue weighted by atomic mass is 16.1. The molecule has 2 heteroatoms. The molecule has 3 rings (SSSR count). The van der Waals surface area contributed by atoms with Crippen LogP contribution in [0.2, 0.25) is 0 Å². The Balaban J connectivity index is 2.15. The molecule has 1 aliphatic carbocycles. The van der Waals surface area contributed by atoms with Crippen LogP contribution in [0.15, 0.2) is 41.2 Å². The van der Waals surface area contributed by atoms with Gasteiger partial charge in [-0.25, -0.2) is 0 Å². The predicted octanol–water partition coefficient (Wildman–Crippen LogP) is 3.73. The summed E-state index contributed by atoms with van der Waals surface area (Å²) in [4.78, 5) is 15.3. The average molecular weight is 253 g/mol. The first kappa shape index (κ1) is 12.2. The number of rotatable bonds is 1. The highest BCUT2D eigenvalue weighted by molar-refractivity contribution is 5.63. The number of hydrogen-bond donors (Lipinski definition) is 1. The largest absolute Gasteiger partial charge is 0.325 e. The molecule has 0 spiro atoms. The first-order valence-corrected chi connectivity index (χ1v) is 6.96. The Bertz CT molecular complexity index is 642. The van der Waals surface area contributed by atoms with E-state index in [1.54, 1.807) is 0 Å². The van der Waals surface area contributed by atoms with E-state index in [9.17, 15) is 4.79 Å². The lowest BCUT2D eigenvalue weighted by atomic mass is 9.80. The second-order valence-corrected chi connectivity index (χ2v) is 5.76. The highest BCUT2D eigenvalue weighted by Crippen LogP contribution is 2.34. The fourth-order valence-corrected chi connectivity index (χ4v) is 3.19. The van der Waals surface area contributed by atoms with Crippen molar-refractivity contribution in [2.45, 2.75) is 32.6 Å². The molecule has 2 unspecified atom stereocenters. The predicted molar refractivity (Wildman–Crippen MR) is 78.4 cm³/mol. The lowest BCUT2D eigenvalue weighted by Crippen LogP contribution is -2.22. The van der Waals surface area contributed by atoms with Crippen molar-refractivity contribution in [3.63, 3.8) is 0 Å². The van der Waals surface area contributed by atoms with E-state index in [4.69, 9.17) is 0 Å². The molecule has 2 aromatic rings. The van der Waals surface area contributed by atoms with Gasteiger partial charge >= 0.3 is 0 Å². The topological polar surface area (TPSA) is 32.9 Å². The molecule has 2 nitrogen and oxygen atoms in total. The number of pyridine rings is 1. The molecule has 0 aliphatic heterocycles. The van der Waals surface area contributed by atoms with E-state index in [1.165, 1.54) is 12.0 Å².